The quantitative estimate of drug-likeness (QED) is 0.403. The maximum absolute atomic E-state index is 13.6. The number of thiazole rings is 1. The van der Waals surface area contributed by atoms with Crippen LogP contribution < -0.4 is 9.64 Å². The normalized spacial score (nSPS) is 20.1. The lowest BCUT2D eigenvalue weighted by Crippen LogP contribution is -2.54. The largest absolute Gasteiger partial charge is 0.573 e. The number of alkyl halides is 3. The summed E-state index contributed by atoms with van der Waals surface area (Å²) < 4.78 is 43.8. The predicted molar refractivity (Wildman–Crippen MR) is 127 cm³/mol. The molecule has 8 nitrogen and oxygen atoms in total. The first-order valence-corrected chi connectivity index (χ1v) is 12.3. The van der Waals surface area contributed by atoms with E-state index in [2.05, 4.69) is 25.9 Å². The molecule has 4 aromatic rings. The van der Waals surface area contributed by atoms with Gasteiger partial charge in [-0.05, 0) is 48.6 Å². The highest BCUT2D eigenvalue weighted by Gasteiger charge is 2.38. The molecule has 2 unspecified atom stereocenters. The Labute approximate surface area is 207 Å². The second-order valence-corrected chi connectivity index (χ2v) is 10.1. The van der Waals surface area contributed by atoms with Gasteiger partial charge in [0.15, 0.2) is 5.13 Å². The zero-order valence-corrected chi connectivity index (χ0v) is 19.7. The van der Waals surface area contributed by atoms with Gasteiger partial charge < -0.3 is 14.5 Å². The Morgan fingerprint density at radius 1 is 1.00 bits per heavy atom. The number of fused-ring (bicyclic) bond motifs is 3. The minimum absolute atomic E-state index is 0.0657. The summed E-state index contributed by atoms with van der Waals surface area (Å²) in [6.45, 7) is 2.55. The summed E-state index contributed by atoms with van der Waals surface area (Å²) in [4.78, 5) is 23.7. The van der Waals surface area contributed by atoms with E-state index in [1.165, 1.54) is 23.3 Å². The lowest BCUT2D eigenvalue weighted by molar-refractivity contribution is -0.274. The van der Waals surface area contributed by atoms with E-state index in [9.17, 15) is 18.0 Å². The number of hydrogen-bond donors (Lipinski definition) is 0. The maximum atomic E-state index is 13.6. The van der Waals surface area contributed by atoms with Gasteiger partial charge in [0.2, 0.25) is 0 Å². The van der Waals surface area contributed by atoms with Crippen molar-refractivity contribution in [1.29, 1.82) is 0 Å². The first-order chi connectivity index (χ1) is 17.3. The number of carbonyl (C=O) groups excluding carboxylic acids is 1. The number of rotatable bonds is 4. The molecule has 0 radical (unpaired) electrons. The minimum atomic E-state index is -4.86. The van der Waals surface area contributed by atoms with Crippen LogP contribution in [-0.4, -0.2) is 63.3 Å². The number of para-hydroxylation sites is 1. The highest BCUT2D eigenvalue weighted by Crippen LogP contribution is 2.36. The van der Waals surface area contributed by atoms with Gasteiger partial charge in [0.1, 0.15) is 5.75 Å². The van der Waals surface area contributed by atoms with Gasteiger partial charge >= 0.3 is 6.36 Å². The third-order valence-corrected chi connectivity index (χ3v) is 7.58. The average Bonchev–Trinajstić information content (AvgIpc) is 3.52. The summed E-state index contributed by atoms with van der Waals surface area (Å²) >= 11 is 1.66. The Kier molecular flexibility index (Phi) is 5.55. The van der Waals surface area contributed by atoms with Crippen LogP contribution in [0.15, 0.2) is 54.9 Å². The molecule has 2 aromatic carbocycles. The molecular weight excluding hydrogens is 493 g/mol. The molecule has 0 spiro atoms. The standard InChI is InChI=1S/C24H21F3N6O2S/c25-24(26,27)35-17-5-6-20(33-28-7-8-29-33)18(10-17)22(34)31-11-15-9-16(12-31)14-32(13-15)23-30-19-3-1-2-4-21(19)36-23/h1-8,10,15-16H,9,11-14H2. The fourth-order valence-electron chi connectivity index (χ4n) is 5.17. The van der Waals surface area contributed by atoms with E-state index in [1.54, 1.807) is 16.2 Å². The summed E-state index contributed by atoms with van der Waals surface area (Å²) in [5.41, 5.74) is 1.34. The molecule has 2 fully saturated rings. The van der Waals surface area contributed by atoms with Gasteiger partial charge in [-0.1, -0.05) is 23.5 Å². The number of ether oxygens (including phenoxy) is 1. The summed E-state index contributed by atoms with van der Waals surface area (Å²) in [7, 11) is 0. The van der Waals surface area contributed by atoms with Crippen molar-refractivity contribution in [3.8, 4) is 11.4 Å². The van der Waals surface area contributed by atoms with Gasteiger partial charge in [0.25, 0.3) is 5.91 Å². The lowest BCUT2D eigenvalue weighted by atomic mass is 9.84. The number of aromatic nitrogens is 4. The van der Waals surface area contributed by atoms with E-state index in [-0.39, 0.29) is 23.3 Å². The van der Waals surface area contributed by atoms with Crippen LogP contribution in [0.25, 0.3) is 15.9 Å². The molecular formula is C24H21F3N6O2S. The first kappa shape index (κ1) is 22.8. The van der Waals surface area contributed by atoms with Crippen LogP contribution in [0.1, 0.15) is 16.8 Å². The summed E-state index contributed by atoms with van der Waals surface area (Å²) in [5, 5.41) is 9.10. The van der Waals surface area contributed by atoms with Gasteiger partial charge in [0.05, 0.1) is 33.9 Å². The Bertz CT molecular complexity index is 1360. The smallest absolute Gasteiger partial charge is 0.406 e. The molecule has 36 heavy (non-hydrogen) atoms. The molecule has 0 saturated carbocycles. The van der Waals surface area contributed by atoms with E-state index in [0.717, 1.165) is 47.0 Å². The van der Waals surface area contributed by atoms with Crippen molar-refractivity contribution in [2.45, 2.75) is 12.8 Å². The number of piperidine rings is 2. The van der Waals surface area contributed by atoms with Gasteiger partial charge in [0, 0.05) is 26.2 Å². The van der Waals surface area contributed by atoms with E-state index in [0.29, 0.717) is 18.8 Å². The van der Waals surface area contributed by atoms with Crippen LogP contribution in [0.4, 0.5) is 18.3 Å². The Hall–Kier alpha value is -3.67. The van der Waals surface area contributed by atoms with E-state index in [4.69, 9.17) is 4.98 Å². The summed E-state index contributed by atoms with van der Waals surface area (Å²) in [6.07, 6.45) is -0.986. The molecule has 186 valence electrons. The second-order valence-electron chi connectivity index (χ2n) is 9.09. The van der Waals surface area contributed by atoms with Crippen LogP contribution in [0, 0.1) is 11.8 Å². The van der Waals surface area contributed by atoms with E-state index < -0.39 is 12.1 Å². The Morgan fingerprint density at radius 2 is 1.72 bits per heavy atom. The number of nitrogens with zero attached hydrogens (tertiary/aromatic N) is 6. The highest BCUT2D eigenvalue weighted by atomic mass is 32.1. The van der Waals surface area contributed by atoms with Gasteiger partial charge in [-0.3, -0.25) is 4.79 Å². The molecule has 6 rings (SSSR count). The predicted octanol–water partition coefficient (Wildman–Crippen LogP) is 4.37. The number of halogens is 3. The van der Waals surface area contributed by atoms with Gasteiger partial charge in [-0.25, -0.2) is 4.98 Å². The highest BCUT2D eigenvalue weighted by molar-refractivity contribution is 7.22. The molecule has 4 heterocycles. The fraction of sp³-hybridized carbons (Fsp3) is 0.333. The molecule has 2 atom stereocenters. The molecule has 12 heteroatoms. The van der Waals surface area contributed by atoms with Crippen molar-refractivity contribution in [2.24, 2.45) is 11.8 Å². The third kappa shape index (κ3) is 4.48. The van der Waals surface area contributed by atoms with Crippen molar-refractivity contribution >= 4 is 32.6 Å². The number of anilines is 1. The fourth-order valence-corrected chi connectivity index (χ4v) is 6.15. The van der Waals surface area contributed by atoms with Crippen LogP contribution in [0.2, 0.25) is 0 Å². The van der Waals surface area contributed by atoms with Crippen LogP contribution in [0.3, 0.4) is 0 Å². The minimum Gasteiger partial charge on any atom is -0.406 e. The van der Waals surface area contributed by atoms with Crippen molar-refractivity contribution < 1.29 is 22.7 Å². The first-order valence-electron chi connectivity index (χ1n) is 11.5. The topological polar surface area (TPSA) is 76.4 Å². The number of benzene rings is 2. The zero-order valence-electron chi connectivity index (χ0n) is 18.9. The van der Waals surface area contributed by atoms with Crippen molar-refractivity contribution in [3.63, 3.8) is 0 Å². The number of amides is 1. The van der Waals surface area contributed by atoms with Crippen molar-refractivity contribution in [2.75, 3.05) is 31.1 Å². The molecule has 2 aliphatic heterocycles. The molecule has 2 bridgehead atoms. The monoisotopic (exact) mass is 514 g/mol. The molecule has 2 aromatic heterocycles. The molecule has 1 amide bonds. The zero-order chi connectivity index (χ0) is 24.9. The Balaban J connectivity index is 1.24. The number of carbonyl (C=O) groups is 1. The lowest BCUT2D eigenvalue weighted by Gasteiger charge is -2.45. The maximum Gasteiger partial charge on any atom is 0.573 e. The van der Waals surface area contributed by atoms with Crippen LogP contribution in [-0.2, 0) is 0 Å². The van der Waals surface area contributed by atoms with E-state index in [1.807, 2.05) is 18.2 Å². The van der Waals surface area contributed by atoms with Crippen LogP contribution in [0.5, 0.6) is 5.75 Å². The van der Waals surface area contributed by atoms with Crippen molar-refractivity contribution in [1.82, 2.24) is 24.9 Å². The Morgan fingerprint density at radius 3 is 2.42 bits per heavy atom. The third-order valence-electron chi connectivity index (χ3n) is 6.49. The van der Waals surface area contributed by atoms with Crippen molar-refractivity contribution in [3.05, 3.63) is 60.4 Å². The molecule has 0 aliphatic carbocycles. The number of likely N-dealkylation sites (tertiary alicyclic amines) is 1. The summed E-state index contributed by atoms with van der Waals surface area (Å²) in [6, 6.07) is 11.7. The van der Waals surface area contributed by atoms with E-state index >= 15 is 0 Å². The summed E-state index contributed by atoms with van der Waals surface area (Å²) in [5.74, 6) is -0.359. The average molecular weight is 515 g/mol. The number of hydrogen-bond acceptors (Lipinski definition) is 7. The van der Waals surface area contributed by atoms with Gasteiger partial charge in [-0.2, -0.15) is 15.0 Å². The second kappa shape index (κ2) is 8.77. The van der Waals surface area contributed by atoms with Crippen LogP contribution >= 0.6 is 11.3 Å². The van der Waals surface area contributed by atoms with Gasteiger partial charge in [-0.15, -0.1) is 13.2 Å². The molecule has 0 N–H and O–H groups in total. The molecule has 2 saturated heterocycles. The SMILES string of the molecule is O=C(c1cc(OC(F)(F)F)ccc1-n1nccn1)N1CC2CC(C1)CN(c1nc3ccccc3s1)C2. The molecule has 2 aliphatic rings.